The quantitative estimate of drug-likeness (QED) is 0.0170. The van der Waals surface area contributed by atoms with E-state index in [9.17, 15) is 81.8 Å². The number of aromatic amines is 1. The lowest BCUT2D eigenvalue weighted by Gasteiger charge is -2.21. The van der Waals surface area contributed by atoms with Crippen LogP contribution in [0.15, 0.2) is 37.6 Å². The Kier molecular flexibility index (Phi) is 42.9. The summed E-state index contributed by atoms with van der Waals surface area (Å²) < 4.78 is 41.4. The molecule has 590 valence electrons. The zero-order valence-electron chi connectivity index (χ0n) is 65.3. The predicted octanol–water partition coefficient (Wildman–Crippen LogP) is 4.02. The molecule has 0 aliphatic carbocycles. The van der Waals surface area contributed by atoms with Gasteiger partial charge in [-0.1, -0.05) is 23.5 Å². The molecule has 0 radical (unpaired) electrons. The summed E-state index contributed by atoms with van der Waals surface area (Å²) in [6, 6.07) is -2.67. The van der Waals surface area contributed by atoms with E-state index < -0.39 is 133 Å². The summed E-state index contributed by atoms with van der Waals surface area (Å²) in [7, 11) is -1.87. The number of nitrogens with zero attached hydrogens (tertiary/aromatic N) is 5. The van der Waals surface area contributed by atoms with Crippen LogP contribution in [0.2, 0.25) is 0 Å². The molecule has 6 amide bonds. The molecule has 3 heterocycles. The molecule has 38 heteroatoms. The maximum Gasteiger partial charge on any atom is 0.420 e. The topological polar surface area (TPSA) is 535 Å². The second kappa shape index (κ2) is 48.6. The van der Waals surface area contributed by atoms with Crippen LogP contribution in [0.5, 0.6) is 0 Å². The number of carbonyl (C=O) groups is 16. The molecule has 105 heavy (non-hydrogen) atoms. The molecule has 6 atom stereocenters. The monoisotopic (exact) mass is 1560 g/mol. The number of hydrogen-bond donors (Lipinski definition) is 10. The molecular formula is C67H108N13O21PS3. The first-order valence-electron chi connectivity index (χ1n) is 34.3. The van der Waals surface area contributed by atoms with Gasteiger partial charge in [0.2, 0.25) is 35.4 Å². The number of amides is 6. The number of rotatable bonds is 36. The first-order valence-corrected chi connectivity index (χ1v) is 35.6. The molecule has 3 aromatic rings. The van der Waals surface area contributed by atoms with Crippen molar-refractivity contribution in [1.29, 1.82) is 3.84 Å². The van der Waals surface area contributed by atoms with Gasteiger partial charge in [-0.25, -0.2) is 33.7 Å². The number of primary amides is 3. The van der Waals surface area contributed by atoms with Gasteiger partial charge in [0.25, 0.3) is 0 Å². The van der Waals surface area contributed by atoms with Gasteiger partial charge in [-0.15, -0.1) is 0 Å². The van der Waals surface area contributed by atoms with Crippen molar-refractivity contribution in [3.05, 3.63) is 54.7 Å². The number of Topliss-reactive ketones (excluding diaryl/α,β-unsaturated/α-hetero) is 3. The van der Waals surface area contributed by atoms with Crippen molar-refractivity contribution in [1.82, 2.24) is 45.0 Å². The second-order valence-electron chi connectivity index (χ2n) is 27.6. The summed E-state index contributed by atoms with van der Waals surface area (Å²) in [5.41, 5.74) is 19.5. The summed E-state index contributed by atoms with van der Waals surface area (Å²) in [5.74, 6) is -8.21. The van der Waals surface area contributed by atoms with Crippen LogP contribution in [0.25, 0.3) is 0 Å². The number of H-pyrrole nitrogens is 1. The highest BCUT2D eigenvalue weighted by atomic mass is 32.2. The number of aromatic nitrogens is 6. The van der Waals surface area contributed by atoms with E-state index in [1.54, 1.807) is 89.3 Å². The molecule has 0 saturated heterocycles. The Morgan fingerprint density at radius 1 is 0.533 bits per heavy atom. The fourth-order valence-corrected chi connectivity index (χ4v) is 10.9. The zero-order valence-corrected chi connectivity index (χ0v) is 65.7. The minimum absolute atomic E-state index is 0.00967. The highest BCUT2D eigenvalue weighted by Crippen LogP contribution is 2.25. The Morgan fingerprint density at radius 3 is 1.18 bits per heavy atom. The number of ketones is 3. The zero-order chi connectivity index (χ0) is 83.6. The Labute approximate surface area is 632 Å². The van der Waals surface area contributed by atoms with E-state index in [2.05, 4.69) is 48.5 Å². The normalized spacial score (nSPS) is 13.2. The van der Waals surface area contributed by atoms with Gasteiger partial charge >= 0.3 is 30.1 Å². The van der Waals surface area contributed by atoms with Crippen LogP contribution in [-0.4, -0.2) is 195 Å². The van der Waals surface area contributed by atoms with Gasteiger partial charge in [0.15, 0.2) is 10.2 Å². The van der Waals surface area contributed by atoms with Crippen LogP contribution in [0.1, 0.15) is 185 Å². The predicted molar refractivity (Wildman–Crippen MR) is 398 cm³/mol. The summed E-state index contributed by atoms with van der Waals surface area (Å²) in [6.45, 7) is 24.9. The first-order chi connectivity index (χ1) is 49.7. The van der Waals surface area contributed by atoms with Crippen LogP contribution >= 0.6 is 45.9 Å². The van der Waals surface area contributed by atoms with E-state index in [1.807, 2.05) is 0 Å². The number of nitrogens with one attached hydrogen (secondary N) is 4. The number of carbonyl (C=O) groups excluding carboxylic acids is 15. The molecule has 34 nitrogen and oxygen atoms in total. The van der Waals surface area contributed by atoms with Crippen molar-refractivity contribution in [2.24, 2.45) is 40.7 Å². The summed E-state index contributed by atoms with van der Waals surface area (Å²) in [4.78, 5) is 204. The SMILES string of the molecule is CC(=O)N[C@@H](CS)C(N)=O.CC(=O)N[C@@H](CSC(=O)[C@@H](CC(=O)CCCC(=O)OC(C)(C)C)Cc1cncn1C(=O)OC(C)(C)C)C(N)=O.CC(=O)N[C@@H](CSC(=O)[C@@H](CC(=O)CCN)Cc1cnc[nH]1)C(N)=O.CC(C)(C)OC(=O)CCCC(=O)C[C@@H](Cc1cncn1C(=O)OC(C)(C)C)C(=O)O.[3H]P([3H])[3H]. The Bertz CT molecular complexity index is 3460. The Hall–Kier alpha value is -8.41. The average Bonchev–Trinajstić information content (AvgIpc) is 1.68. The maximum atomic E-state index is 13.2. The van der Waals surface area contributed by atoms with Crippen LogP contribution in [0.4, 0.5) is 9.59 Å². The largest absolute Gasteiger partial charge is 0.481 e. The van der Waals surface area contributed by atoms with E-state index in [-0.39, 0.29) is 129 Å². The highest BCUT2D eigenvalue weighted by Gasteiger charge is 2.32. The number of carboxylic acids is 1. The van der Waals surface area contributed by atoms with Gasteiger partial charge in [0.1, 0.15) is 70.5 Å². The molecule has 0 aliphatic heterocycles. The Morgan fingerprint density at radius 2 is 0.876 bits per heavy atom. The molecule has 3 rings (SSSR count). The number of carboxylic acid groups (broad SMARTS) is 1. The average molecular weight is 1560 g/mol. The number of thioether (sulfide) groups is 2. The lowest BCUT2D eigenvalue weighted by Crippen LogP contribution is -2.45. The molecule has 0 unspecified atom stereocenters. The van der Waals surface area contributed by atoms with E-state index in [4.69, 9.17) is 45.7 Å². The molecule has 0 aromatic carbocycles. The third-order valence-electron chi connectivity index (χ3n) is 13.0. The third-order valence-corrected chi connectivity index (χ3v) is 15.6. The van der Waals surface area contributed by atoms with E-state index in [0.717, 1.165) is 33.8 Å². The number of ether oxygens (including phenoxy) is 4. The Balaban J connectivity index is 0. The van der Waals surface area contributed by atoms with Gasteiger partial charge in [-0.3, -0.25) is 67.1 Å². The summed E-state index contributed by atoms with van der Waals surface area (Å²) in [5, 5.41) is 15.9. The molecule has 13 N–H and O–H groups in total. The number of esters is 2. The summed E-state index contributed by atoms with van der Waals surface area (Å²) >= 11 is 5.45. The molecule has 0 bridgehead atoms. The maximum absolute atomic E-state index is 13.2. The molecule has 0 spiro atoms. The van der Waals surface area contributed by atoms with Crippen LogP contribution in [0, 0.1) is 17.8 Å². The van der Waals surface area contributed by atoms with Gasteiger partial charge < -0.3 is 67.9 Å². The smallest absolute Gasteiger partial charge is 0.420 e. The van der Waals surface area contributed by atoms with Gasteiger partial charge in [0, 0.05) is 156 Å². The number of nitrogens with two attached hydrogens (primary N) is 4. The molecular weight excluding hydrogens is 1450 g/mol. The van der Waals surface area contributed by atoms with E-state index in [1.165, 1.54) is 56.7 Å². The highest BCUT2D eigenvalue weighted by molar-refractivity contribution is 8.14. The number of hydrogen-bond acceptors (Lipinski definition) is 27. The minimum Gasteiger partial charge on any atom is -0.481 e. The van der Waals surface area contributed by atoms with E-state index >= 15 is 0 Å². The van der Waals surface area contributed by atoms with Gasteiger partial charge in [-0.05, 0) is 102 Å². The molecule has 0 aliphatic rings. The van der Waals surface area contributed by atoms with Crippen molar-refractivity contribution in [2.45, 2.75) is 228 Å². The molecule has 0 fully saturated rings. The summed E-state index contributed by atoms with van der Waals surface area (Å²) in [6.07, 6.45) is 8.01. The van der Waals surface area contributed by atoms with Gasteiger partial charge in [0.05, 0.1) is 16.1 Å². The third kappa shape index (κ3) is 46.9. The lowest BCUT2D eigenvalue weighted by molar-refractivity contribution is -0.156. The number of imidazole rings is 3. The number of aliphatic carboxylic acids is 1. The minimum atomic E-state index is -1.87. The first kappa shape index (κ1) is 92.7. The van der Waals surface area contributed by atoms with Crippen LogP contribution < -0.4 is 38.9 Å². The molecule has 3 aromatic heterocycles. The van der Waals surface area contributed by atoms with Crippen LogP contribution in [0.3, 0.4) is 0 Å². The fourth-order valence-electron chi connectivity index (χ4n) is 8.62. The number of thiol groups is 1. The van der Waals surface area contributed by atoms with Crippen molar-refractivity contribution >= 4 is 139 Å². The van der Waals surface area contributed by atoms with Gasteiger partial charge in [-0.2, -0.15) is 22.4 Å². The van der Waals surface area contributed by atoms with E-state index in [0.29, 0.717) is 17.8 Å². The van der Waals surface area contributed by atoms with Crippen molar-refractivity contribution in [3.63, 3.8) is 0 Å². The second-order valence-corrected chi connectivity index (χ2v) is 30.1. The lowest BCUT2D eigenvalue weighted by atomic mass is 9.95. The van der Waals surface area contributed by atoms with Crippen LogP contribution in [-0.2, 0) is 105 Å². The van der Waals surface area contributed by atoms with Crippen molar-refractivity contribution in [3.8, 4) is 0 Å². The molecule has 0 saturated carbocycles. The van der Waals surface area contributed by atoms with Crippen molar-refractivity contribution < 1.29 is 101 Å². The fraction of sp³-hybridized carbons (Fsp3) is 0.627. The standard InChI is InChI=1S/C26H40N4O8S.C21H32N2O7.C15H23N5O4S.C5H10N2O2S.H3P/c1-16(31)29-20(22(27)34)14-39-23(35)17(12-19(32)9-8-10-21(33)37-25(2,3)4)11-18-13-28-15-30(18)24(36)38-26(5,6)7;1-20(2,3)29-17(25)9-7-8-16(24)11-14(18(26)27)10-15-12-22-13-23(15)19(28)30-21(4,5)6;1-9(21)20-13(14(17)23)7-25-15(24)10(5-12(22)2-3-16)4-11-6-18-8-19-11;1-3(8)7-4(2-10)5(6)9;/h13,15,17,20H,8-12,14H2,1-7H3,(H2,27,34)(H,29,31);12-14H,7-11H2,1-6H3,(H,26,27);6,8,10,13H,2-5,7,16H2,1H3,(H2,17,23)(H,18,19)(H,20,21);4,10H,2H2,1H3,(H2,6,9)(H,7,8);1H3/t17-,20+;14-;10-,13+;4-;/m1110./s1/i;;;;1T3. The van der Waals surface area contributed by atoms with Crippen molar-refractivity contribution in [2.75, 3.05) is 23.8 Å².